The molecule has 1 heterocycles. The van der Waals surface area contributed by atoms with Crippen molar-refractivity contribution in [2.75, 3.05) is 26.2 Å². The van der Waals surface area contributed by atoms with Gasteiger partial charge in [-0.1, -0.05) is 20.8 Å². The van der Waals surface area contributed by atoms with Crippen molar-refractivity contribution in [2.45, 2.75) is 27.1 Å². The highest BCUT2D eigenvalue weighted by molar-refractivity contribution is 5.67. The van der Waals surface area contributed by atoms with Crippen LogP contribution in [0.25, 0.3) is 0 Å². The zero-order chi connectivity index (χ0) is 11.5. The van der Waals surface area contributed by atoms with E-state index in [0.29, 0.717) is 13.1 Å². The monoisotopic (exact) mass is 216 g/mol. The van der Waals surface area contributed by atoms with E-state index in [-0.39, 0.29) is 0 Å². The molecule has 0 aromatic carbocycles. The lowest BCUT2D eigenvalue weighted by molar-refractivity contribution is -0.126. The van der Waals surface area contributed by atoms with Crippen molar-refractivity contribution in [1.82, 2.24) is 10.2 Å². The maximum atomic E-state index is 11.6. The second-order valence-electron chi connectivity index (χ2n) is 4.84. The zero-order valence-corrected chi connectivity index (χ0v) is 9.62. The topological polar surface area (TPSA) is 61.8 Å². The lowest BCUT2D eigenvalue weighted by Gasteiger charge is -2.31. The molecule has 0 aromatic heterocycles. The molecular formula is C10H20N2O3. The molecule has 1 aliphatic heterocycles. The van der Waals surface area contributed by atoms with Gasteiger partial charge in [0.1, 0.15) is 0 Å². The molecule has 1 fully saturated rings. The normalized spacial score (nSPS) is 19.9. The summed E-state index contributed by atoms with van der Waals surface area (Å²) in [6.07, 6.45) is -1.49. The van der Waals surface area contributed by atoms with Crippen molar-refractivity contribution in [1.29, 1.82) is 0 Å². The number of nitrogens with one attached hydrogen (secondary N) is 1. The second-order valence-corrected chi connectivity index (χ2v) is 4.84. The van der Waals surface area contributed by atoms with E-state index in [1.54, 1.807) is 4.90 Å². The summed E-state index contributed by atoms with van der Waals surface area (Å²) in [5.41, 5.74) is -0.441. The zero-order valence-electron chi connectivity index (χ0n) is 9.62. The fourth-order valence-electron chi connectivity index (χ4n) is 1.19. The van der Waals surface area contributed by atoms with E-state index in [9.17, 15) is 9.90 Å². The second kappa shape index (κ2) is 4.81. The van der Waals surface area contributed by atoms with Gasteiger partial charge in [0.15, 0.2) is 0 Å². The lowest BCUT2D eigenvalue weighted by Crippen LogP contribution is -2.48. The van der Waals surface area contributed by atoms with Crippen molar-refractivity contribution in [3.63, 3.8) is 0 Å². The third-order valence-electron chi connectivity index (χ3n) is 2.33. The van der Waals surface area contributed by atoms with Crippen LogP contribution in [0.15, 0.2) is 0 Å². The van der Waals surface area contributed by atoms with Crippen molar-refractivity contribution in [3.8, 4) is 0 Å². The number of rotatable bonds is 1. The molecule has 0 bridgehead atoms. The maximum absolute atomic E-state index is 11.6. The summed E-state index contributed by atoms with van der Waals surface area (Å²) in [5.74, 6) is 0. The maximum Gasteiger partial charge on any atom is 0.412 e. The molecule has 0 aliphatic carbocycles. The van der Waals surface area contributed by atoms with Gasteiger partial charge >= 0.3 is 6.09 Å². The van der Waals surface area contributed by atoms with Crippen molar-refractivity contribution < 1.29 is 14.6 Å². The van der Waals surface area contributed by atoms with Crippen LogP contribution < -0.4 is 5.32 Å². The van der Waals surface area contributed by atoms with Crippen molar-refractivity contribution in [3.05, 3.63) is 0 Å². The first-order chi connectivity index (χ1) is 6.91. The first kappa shape index (κ1) is 12.3. The molecule has 15 heavy (non-hydrogen) atoms. The summed E-state index contributed by atoms with van der Waals surface area (Å²) < 4.78 is 4.97. The molecule has 5 heteroatoms. The molecule has 1 saturated heterocycles. The van der Waals surface area contributed by atoms with Crippen LogP contribution >= 0.6 is 0 Å². The first-order valence-electron chi connectivity index (χ1n) is 5.25. The Balaban J connectivity index is 2.40. The van der Waals surface area contributed by atoms with Crippen LogP contribution in [-0.2, 0) is 4.74 Å². The molecule has 88 valence electrons. The van der Waals surface area contributed by atoms with E-state index in [0.717, 1.165) is 13.1 Å². The van der Waals surface area contributed by atoms with E-state index in [1.807, 2.05) is 20.8 Å². The predicted molar refractivity (Wildman–Crippen MR) is 56.4 cm³/mol. The smallest absolute Gasteiger partial charge is 0.412 e. The predicted octanol–water partition coefficient (Wildman–Crippen LogP) is 0.393. The highest BCUT2D eigenvalue weighted by Crippen LogP contribution is 2.20. The van der Waals surface area contributed by atoms with Crippen molar-refractivity contribution >= 4 is 6.09 Å². The van der Waals surface area contributed by atoms with E-state index in [2.05, 4.69) is 5.32 Å². The quantitative estimate of drug-likeness (QED) is 0.623. The Morgan fingerprint density at radius 2 is 1.93 bits per heavy atom. The largest absolute Gasteiger partial charge is 0.419 e. The molecule has 0 radical (unpaired) electrons. The number of carbonyl (C=O) groups excluding carboxylic acids is 1. The Labute approximate surface area is 90.4 Å². The standard InChI is InChI=1S/C10H20N2O3/c1-10(2,3)8(13)15-9(14)12-6-4-11-5-7-12/h8,11,13H,4-7H2,1-3H3. The molecule has 1 unspecified atom stereocenters. The minimum Gasteiger partial charge on any atom is -0.419 e. The minimum atomic E-state index is -1.06. The van der Waals surface area contributed by atoms with Crippen LogP contribution in [0.2, 0.25) is 0 Å². The molecule has 1 rings (SSSR count). The van der Waals surface area contributed by atoms with Crippen LogP contribution in [0, 0.1) is 5.41 Å². The molecular weight excluding hydrogens is 196 g/mol. The number of hydrogen-bond donors (Lipinski definition) is 2. The van der Waals surface area contributed by atoms with Crippen LogP contribution in [0.3, 0.4) is 0 Å². The van der Waals surface area contributed by atoms with Gasteiger partial charge in [-0.3, -0.25) is 0 Å². The minimum absolute atomic E-state index is 0.432. The van der Waals surface area contributed by atoms with Crippen molar-refractivity contribution in [2.24, 2.45) is 5.41 Å². The molecule has 1 amide bonds. The average molecular weight is 216 g/mol. The summed E-state index contributed by atoms with van der Waals surface area (Å²) >= 11 is 0. The molecule has 0 aromatic rings. The first-order valence-corrected chi connectivity index (χ1v) is 5.25. The Morgan fingerprint density at radius 3 is 2.40 bits per heavy atom. The third kappa shape index (κ3) is 3.68. The fraction of sp³-hybridized carbons (Fsp3) is 0.900. The van der Waals surface area contributed by atoms with Gasteiger partial charge in [0, 0.05) is 31.6 Å². The van der Waals surface area contributed by atoms with E-state index in [4.69, 9.17) is 4.74 Å². The van der Waals surface area contributed by atoms with Gasteiger partial charge in [-0.15, -0.1) is 0 Å². The van der Waals surface area contributed by atoms with Crippen LogP contribution in [0.1, 0.15) is 20.8 Å². The fourth-order valence-corrected chi connectivity index (χ4v) is 1.19. The molecule has 1 atom stereocenters. The van der Waals surface area contributed by atoms with Crippen LogP contribution in [0.5, 0.6) is 0 Å². The summed E-state index contributed by atoms with van der Waals surface area (Å²) in [5, 5.41) is 12.7. The molecule has 2 N–H and O–H groups in total. The number of aliphatic hydroxyl groups excluding tert-OH is 1. The van der Waals surface area contributed by atoms with E-state index < -0.39 is 17.8 Å². The van der Waals surface area contributed by atoms with Gasteiger partial charge in [-0.05, 0) is 0 Å². The summed E-state index contributed by atoms with van der Waals surface area (Å²) in [7, 11) is 0. The molecule has 5 nitrogen and oxygen atoms in total. The van der Waals surface area contributed by atoms with Gasteiger partial charge in [0.2, 0.25) is 6.29 Å². The number of piperazine rings is 1. The highest BCUT2D eigenvalue weighted by Gasteiger charge is 2.28. The van der Waals surface area contributed by atoms with Gasteiger partial charge in [0.05, 0.1) is 0 Å². The van der Waals surface area contributed by atoms with Gasteiger partial charge in [-0.25, -0.2) is 4.79 Å². The number of ether oxygens (including phenoxy) is 1. The lowest BCUT2D eigenvalue weighted by atomic mass is 9.96. The average Bonchev–Trinajstić information content (AvgIpc) is 2.17. The number of nitrogens with zero attached hydrogens (tertiary/aromatic N) is 1. The Morgan fingerprint density at radius 1 is 1.40 bits per heavy atom. The van der Waals surface area contributed by atoms with Gasteiger partial charge in [0.25, 0.3) is 0 Å². The van der Waals surface area contributed by atoms with E-state index >= 15 is 0 Å². The Hall–Kier alpha value is -0.810. The Kier molecular flexibility index (Phi) is 3.93. The number of aliphatic hydroxyl groups is 1. The molecule has 1 aliphatic rings. The SMILES string of the molecule is CC(C)(C)C(O)OC(=O)N1CCNCC1. The highest BCUT2D eigenvalue weighted by atomic mass is 16.6. The third-order valence-corrected chi connectivity index (χ3v) is 2.33. The van der Waals surface area contributed by atoms with Gasteiger partial charge < -0.3 is 20.1 Å². The van der Waals surface area contributed by atoms with Gasteiger partial charge in [-0.2, -0.15) is 0 Å². The molecule has 0 spiro atoms. The molecule has 0 saturated carbocycles. The Bertz CT molecular complexity index is 219. The summed E-state index contributed by atoms with van der Waals surface area (Å²) in [6, 6.07) is 0. The van der Waals surface area contributed by atoms with E-state index in [1.165, 1.54) is 0 Å². The number of carbonyl (C=O) groups is 1. The summed E-state index contributed by atoms with van der Waals surface area (Å²) in [4.78, 5) is 13.2. The number of hydrogen-bond acceptors (Lipinski definition) is 4. The van der Waals surface area contributed by atoms with Crippen LogP contribution in [0.4, 0.5) is 4.79 Å². The summed E-state index contributed by atoms with van der Waals surface area (Å²) in [6.45, 7) is 8.29. The van der Waals surface area contributed by atoms with Crippen LogP contribution in [-0.4, -0.2) is 48.6 Å². The number of amides is 1.